The number of nitrogens with zero attached hydrogens (tertiary/aromatic N) is 2. The number of benzene rings is 2. The summed E-state index contributed by atoms with van der Waals surface area (Å²) in [4.78, 5) is 0. The Morgan fingerprint density at radius 2 is 2.05 bits per heavy atom. The average Bonchev–Trinajstić information content (AvgIpc) is 2.86. The number of hydrogen-bond acceptors (Lipinski definition) is 1. The van der Waals surface area contributed by atoms with E-state index in [4.69, 9.17) is 16.9 Å². The van der Waals surface area contributed by atoms with Gasteiger partial charge in [0.1, 0.15) is 5.82 Å². The van der Waals surface area contributed by atoms with Crippen molar-refractivity contribution in [3.05, 3.63) is 70.6 Å². The minimum Gasteiger partial charge on any atom is -0.343 e. The predicted molar refractivity (Wildman–Crippen MR) is 77.2 cm³/mol. The van der Waals surface area contributed by atoms with Gasteiger partial charge in [-0.05, 0) is 36.4 Å². The molecule has 1 heterocycles. The van der Waals surface area contributed by atoms with Crippen molar-refractivity contribution in [2.45, 2.75) is 6.54 Å². The van der Waals surface area contributed by atoms with Crippen molar-refractivity contribution in [3.63, 3.8) is 0 Å². The quantitative estimate of drug-likeness (QED) is 0.687. The summed E-state index contributed by atoms with van der Waals surface area (Å²) in [5.74, 6) is -0.312. The van der Waals surface area contributed by atoms with Gasteiger partial charge in [0, 0.05) is 27.7 Å². The molecular weight excluding hydrogens is 275 g/mol. The van der Waals surface area contributed by atoms with Gasteiger partial charge in [-0.3, -0.25) is 0 Å². The molecule has 0 saturated carbocycles. The molecule has 1 aromatic heterocycles. The largest absolute Gasteiger partial charge is 0.343 e. The smallest absolute Gasteiger partial charge is 0.128 e. The molecule has 98 valence electrons. The summed E-state index contributed by atoms with van der Waals surface area (Å²) in [6.07, 6.45) is 1.87. The third kappa shape index (κ3) is 2.15. The van der Waals surface area contributed by atoms with Crippen LogP contribution in [0.2, 0.25) is 5.02 Å². The molecule has 2 aromatic carbocycles. The Kier molecular flexibility index (Phi) is 3.17. The zero-order chi connectivity index (χ0) is 14.1. The second kappa shape index (κ2) is 4.99. The number of halogens is 2. The van der Waals surface area contributed by atoms with Crippen LogP contribution in [-0.4, -0.2) is 4.57 Å². The highest BCUT2D eigenvalue weighted by Crippen LogP contribution is 2.25. The van der Waals surface area contributed by atoms with Crippen molar-refractivity contribution in [2.75, 3.05) is 0 Å². The lowest BCUT2D eigenvalue weighted by Crippen LogP contribution is -2.01. The Morgan fingerprint density at radius 3 is 2.85 bits per heavy atom. The van der Waals surface area contributed by atoms with Gasteiger partial charge in [0.15, 0.2) is 0 Å². The summed E-state index contributed by atoms with van der Waals surface area (Å²) >= 11 is 6.12. The third-order valence-corrected chi connectivity index (χ3v) is 3.61. The van der Waals surface area contributed by atoms with E-state index in [9.17, 15) is 4.39 Å². The monoisotopic (exact) mass is 284 g/mol. The van der Waals surface area contributed by atoms with Crippen LogP contribution in [-0.2, 0) is 6.54 Å². The summed E-state index contributed by atoms with van der Waals surface area (Å²) < 4.78 is 15.7. The number of rotatable bonds is 2. The van der Waals surface area contributed by atoms with E-state index < -0.39 is 0 Å². The van der Waals surface area contributed by atoms with Gasteiger partial charge in [-0.2, -0.15) is 5.26 Å². The molecule has 0 aliphatic rings. The molecule has 0 aliphatic heterocycles. The van der Waals surface area contributed by atoms with E-state index in [0.717, 1.165) is 10.9 Å². The lowest BCUT2D eigenvalue weighted by atomic mass is 10.1. The maximum absolute atomic E-state index is 13.8. The molecule has 0 unspecified atom stereocenters. The number of nitriles is 1. The van der Waals surface area contributed by atoms with Crippen LogP contribution in [0.5, 0.6) is 0 Å². The van der Waals surface area contributed by atoms with Gasteiger partial charge in [0.05, 0.1) is 18.2 Å². The Hall–Kier alpha value is -2.31. The van der Waals surface area contributed by atoms with Crippen molar-refractivity contribution in [2.24, 2.45) is 0 Å². The molecule has 0 spiro atoms. The van der Waals surface area contributed by atoms with Gasteiger partial charge in [0.25, 0.3) is 0 Å². The second-order valence-corrected chi connectivity index (χ2v) is 4.94. The Balaban J connectivity index is 2.06. The standard InChI is InChI=1S/C16H10ClFN2/c17-14-2-1-3-16-13(14)6-7-20(16)10-12-8-11(9-19)4-5-15(12)18/h1-8H,10H2. The van der Waals surface area contributed by atoms with Crippen LogP contribution in [0.1, 0.15) is 11.1 Å². The van der Waals surface area contributed by atoms with Crippen molar-refractivity contribution in [3.8, 4) is 6.07 Å². The molecule has 0 aliphatic carbocycles. The molecule has 0 N–H and O–H groups in total. The van der Waals surface area contributed by atoms with Crippen molar-refractivity contribution >= 4 is 22.5 Å². The Bertz CT molecular complexity index is 830. The van der Waals surface area contributed by atoms with Crippen molar-refractivity contribution in [1.29, 1.82) is 5.26 Å². The lowest BCUT2D eigenvalue weighted by molar-refractivity contribution is 0.602. The van der Waals surface area contributed by atoms with E-state index >= 15 is 0 Å². The first kappa shape index (κ1) is 12.7. The van der Waals surface area contributed by atoms with Crippen molar-refractivity contribution < 1.29 is 4.39 Å². The first-order valence-electron chi connectivity index (χ1n) is 6.11. The van der Waals surface area contributed by atoms with E-state index in [2.05, 4.69) is 0 Å². The lowest BCUT2D eigenvalue weighted by Gasteiger charge is -2.07. The number of aromatic nitrogens is 1. The zero-order valence-corrected chi connectivity index (χ0v) is 11.2. The van der Waals surface area contributed by atoms with Crippen molar-refractivity contribution in [1.82, 2.24) is 4.57 Å². The molecule has 0 saturated heterocycles. The van der Waals surface area contributed by atoms with Gasteiger partial charge in [-0.15, -0.1) is 0 Å². The first-order chi connectivity index (χ1) is 9.69. The molecule has 3 rings (SSSR count). The maximum Gasteiger partial charge on any atom is 0.128 e. The fourth-order valence-corrected chi connectivity index (χ4v) is 2.51. The normalized spacial score (nSPS) is 10.7. The van der Waals surface area contributed by atoms with Crippen LogP contribution < -0.4 is 0 Å². The maximum atomic E-state index is 13.8. The van der Waals surface area contributed by atoms with Crippen LogP contribution in [0.25, 0.3) is 10.9 Å². The van der Waals surface area contributed by atoms with Gasteiger partial charge < -0.3 is 4.57 Å². The molecule has 0 atom stereocenters. The molecule has 20 heavy (non-hydrogen) atoms. The van der Waals surface area contributed by atoms with Crippen LogP contribution in [0, 0.1) is 17.1 Å². The Morgan fingerprint density at radius 1 is 1.20 bits per heavy atom. The summed E-state index contributed by atoms with van der Waals surface area (Å²) in [7, 11) is 0. The van der Waals surface area contributed by atoms with Crippen LogP contribution in [0.4, 0.5) is 4.39 Å². The molecule has 3 aromatic rings. The van der Waals surface area contributed by atoms with E-state index in [1.807, 2.05) is 41.1 Å². The topological polar surface area (TPSA) is 28.7 Å². The molecule has 0 fully saturated rings. The highest BCUT2D eigenvalue weighted by Gasteiger charge is 2.08. The van der Waals surface area contributed by atoms with Gasteiger partial charge in [-0.1, -0.05) is 17.7 Å². The highest BCUT2D eigenvalue weighted by atomic mass is 35.5. The van der Waals surface area contributed by atoms with E-state index in [1.165, 1.54) is 12.1 Å². The fourth-order valence-electron chi connectivity index (χ4n) is 2.27. The average molecular weight is 285 g/mol. The zero-order valence-electron chi connectivity index (χ0n) is 10.5. The predicted octanol–water partition coefficient (Wildman–Crippen LogP) is 4.35. The second-order valence-electron chi connectivity index (χ2n) is 4.53. The van der Waals surface area contributed by atoms with E-state index in [-0.39, 0.29) is 5.82 Å². The molecule has 4 heteroatoms. The summed E-state index contributed by atoms with van der Waals surface area (Å²) in [6.45, 7) is 0.366. The van der Waals surface area contributed by atoms with Gasteiger partial charge >= 0.3 is 0 Å². The van der Waals surface area contributed by atoms with Crippen LogP contribution in [0.3, 0.4) is 0 Å². The molecule has 0 radical (unpaired) electrons. The van der Waals surface area contributed by atoms with E-state index in [1.54, 1.807) is 6.07 Å². The van der Waals surface area contributed by atoms with E-state index in [0.29, 0.717) is 22.7 Å². The molecular formula is C16H10ClFN2. The minimum absolute atomic E-state index is 0.312. The molecule has 0 bridgehead atoms. The third-order valence-electron chi connectivity index (χ3n) is 3.28. The van der Waals surface area contributed by atoms with Gasteiger partial charge in [-0.25, -0.2) is 4.39 Å². The number of hydrogen-bond donors (Lipinski definition) is 0. The SMILES string of the molecule is N#Cc1ccc(F)c(Cn2ccc3c(Cl)cccc32)c1. The summed E-state index contributed by atoms with van der Waals surface area (Å²) in [6, 6.07) is 13.9. The minimum atomic E-state index is -0.312. The highest BCUT2D eigenvalue weighted by molar-refractivity contribution is 6.35. The molecule has 2 nitrogen and oxygen atoms in total. The van der Waals surface area contributed by atoms with Gasteiger partial charge in [0.2, 0.25) is 0 Å². The summed E-state index contributed by atoms with van der Waals surface area (Å²) in [5.41, 5.74) is 1.89. The van der Waals surface area contributed by atoms with Crippen LogP contribution in [0.15, 0.2) is 48.7 Å². The first-order valence-corrected chi connectivity index (χ1v) is 6.49. The molecule has 0 amide bonds. The Labute approximate surface area is 120 Å². The number of fused-ring (bicyclic) bond motifs is 1. The van der Waals surface area contributed by atoms with Crippen LogP contribution >= 0.6 is 11.6 Å². The summed E-state index contributed by atoms with van der Waals surface area (Å²) in [5, 5.41) is 10.5. The fraction of sp³-hybridized carbons (Fsp3) is 0.0625.